The third-order valence-corrected chi connectivity index (χ3v) is 5.26. The molecular formula is C25H20N6O4. The Kier molecular flexibility index (Phi) is 6.78. The van der Waals surface area contributed by atoms with Crippen molar-refractivity contribution in [2.75, 3.05) is 5.32 Å². The summed E-state index contributed by atoms with van der Waals surface area (Å²) in [7, 11) is 0. The number of aromatic nitrogens is 3. The molecule has 1 amide bonds. The lowest BCUT2D eigenvalue weighted by Crippen LogP contribution is -2.16. The van der Waals surface area contributed by atoms with E-state index in [9.17, 15) is 14.9 Å². The Balaban J connectivity index is 1.49. The molecule has 4 rings (SSSR count). The molecule has 0 aliphatic rings. The first-order chi connectivity index (χ1) is 17.0. The highest BCUT2D eigenvalue weighted by atomic mass is 16.6. The summed E-state index contributed by atoms with van der Waals surface area (Å²) in [6.07, 6.45) is 0.334. The minimum Gasteiger partial charge on any atom is -0.489 e. The van der Waals surface area contributed by atoms with Crippen molar-refractivity contribution < 1.29 is 14.5 Å². The van der Waals surface area contributed by atoms with E-state index in [1.54, 1.807) is 43.3 Å². The van der Waals surface area contributed by atoms with Crippen molar-refractivity contribution in [3.63, 3.8) is 0 Å². The number of nitrogens with one attached hydrogen (secondary N) is 1. The van der Waals surface area contributed by atoms with Gasteiger partial charge < -0.3 is 10.1 Å². The maximum Gasteiger partial charge on any atom is 0.278 e. The third-order valence-electron chi connectivity index (χ3n) is 5.26. The lowest BCUT2D eigenvalue weighted by molar-refractivity contribution is -0.384. The van der Waals surface area contributed by atoms with Crippen molar-refractivity contribution in [3.8, 4) is 17.5 Å². The van der Waals surface area contributed by atoms with Gasteiger partial charge in [0.05, 0.1) is 28.8 Å². The Morgan fingerprint density at radius 1 is 1.14 bits per heavy atom. The first-order valence-corrected chi connectivity index (χ1v) is 10.6. The Morgan fingerprint density at radius 3 is 2.66 bits per heavy atom. The highest BCUT2D eigenvalue weighted by Gasteiger charge is 2.19. The molecule has 0 saturated heterocycles. The van der Waals surface area contributed by atoms with Gasteiger partial charge in [0, 0.05) is 23.4 Å². The lowest BCUT2D eigenvalue weighted by Gasteiger charge is -2.12. The Hall–Kier alpha value is -5.04. The Labute approximate surface area is 200 Å². The molecular weight excluding hydrogens is 448 g/mol. The average molecular weight is 468 g/mol. The third kappa shape index (κ3) is 5.31. The number of rotatable bonds is 8. The monoisotopic (exact) mass is 468 g/mol. The topological polar surface area (TPSA) is 136 Å². The molecule has 0 spiro atoms. The zero-order valence-corrected chi connectivity index (χ0v) is 18.7. The molecule has 10 heteroatoms. The van der Waals surface area contributed by atoms with E-state index >= 15 is 0 Å². The van der Waals surface area contributed by atoms with Crippen LogP contribution in [0.25, 0.3) is 5.69 Å². The van der Waals surface area contributed by atoms with Crippen LogP contribution in [0, 0.1) is 28.4 Å². The zero-order valence-electron chi connectivity index (χ0n) is 18.7. The molecule has 0 aliphatic carbocycles. The van der Waals surface area contributed by atoms with E-state index < -0.39 is 10.8 Å². The van der Waals surface area contributed by atoms with Gasteiger partial charge in [0.15, 0.2) is 5.69 Å². The maximum atomic E-state index is 13.0. The number of ether oxygens (including phenoxy) is 1. The highest BCUT2D eigenvalue weighted by molar-refractivity contribution is 6.04. The van der Waals surface area contributed by atoms with Crippen LogP contribution in [0.5, 0.6) is 5.75 Å². The number of hydrogen-bond donors (Lipinski definition) is 1. The van der Waals surface area contributed by atoms with Crippen molar-refractivity contribution in [1.82, 2.24) is 15.0 Å². The number of nitro groups is 1. The van der Waals surface area contributed by atoms with Crippen LogP contribution >= 0.6 is 0 Å². The van der Waals surface area contributed by atoms with Gasteiger partial charge in [0.1, 0.15) is 12.4 Å². The molecule has 4 aromatic rings. The average Bonchev–Trinajstić information content (AvgIpc) is 3.26. The van der Waals surface area contributed by atoms with Gasteiger partial charge in [-0.1, -0.05) is 41.6 Å². The van der Waals surface area contributed by atoms with Gasteiger partial charge in [0.25, 0.3) is 11.6 Å². The standard InChI is InChI=1S/C25H20N6O4/c1-17-24(28-29-30(17)20-6-4-7-21(15-20)31(33)34)25(32)27-23-8-3-2-5-19(23)16-35-22-11-9-18(10-12-22)13-14-26/h2-12,15H,13,16H2,1H3,(H,27,32). The Bertz CT molecular complexity index is 1420. The number of amides is 1. The first-order valence-electron chi connectivity index (χ1n) is 10.6. The number of nitriles is 1. The number of non-ortho nitro benzene ring substituents is 1. The second kappa shape index (κ2) is 10.3. The summed E-state index contributed by atoms with van der Waals surface area (Å²) >= 11 is 0. The summed E-state index contributed by atoms with van der Waals surface area (Å²) in [5.74, 6) is 0.177. The number of benzene rings is 3. The minimum absolute atomic E-state index is 0.0861. The normalized spacial score (nSPS) is 10.4. The molecule has 0 saturated carbocycles. The van der Waals surface area contributed by atoms with Crippen molar-refractivity contribution in [3.05, 3.63) is 105 Å². The van der Waals surface area contributed by atoms with Gasteiger partial charge in [-0.05, 0) is 36.8 Å². The number of anilines is 1. The minimum atomic E-state index is -0.497. The molecule has 174 valence electrons. The number of nitrogens with zero attached hydrogens (tertiary/aromatic N) is 5. The fraction of sp³-hybridized carbons (Fsp3) is 0.120. The van der Waals surface area contributed by atoms with Crippen LogP contribution in [0.3, 0.4) is 0 Å². The predicted octanol–water partition coefficient (Wildman–Crippen LogP) is 4.38. The molecule has 35 heavy (non-hydrogen) atoms. The Morgan fingerprint density at radius 2 is 1.91 bits per heavy atom. The predicted molar refractivity (Wildman–Crippen MR) is 127 cm³/mol. The van der Waals surface area contributed by atoms with Gasteiger partial charge in [-0.15, -0.1) is 5.10 Å². The first kappa shape index (κ1) is 23.1. The smallest absolute Gasteiger partial charge is 0.278 e. The number of para-hydroxylation sites is 1. The van der Waals surface area contributed by atoms with Crippen molar-refractivity contribution in [2.24, 2.45) is 0 Å². The van der Waals surface area contributed by atoms with Gasteiger partial charge in [-0.25, -0.2) is 4.68 Å². The fourth-order valence-electron chi connectivity index (χ4n) is 3.43. The van der Waals surface area contributed by atoms with Crippen LogP contribution in [-0.4, -0.2) is 25.8 Å². The van der Waals surface area contributed by atoms with Crippen LogP contribution in [0.15, 0.2) is 72.8 Å². The molecule has 0 atom stereocenters. The molecule has 1 heterocycles. The molecule has 1 aromatic heterocycles. The molecule has 0 aliphatic heterocycles. The zero-order chi connectivity index (χ0) is 24.8. The van der Waals surface area contributed by atoms with Crippen LogP contribution in [0.4, 0.5) is 11.4 Å². The molecule has 10 nitrogen and oxygen atoms in total. The van der Waals surface area contributed by atoms with Gasteiger partial charge in [-0.3, -0.25) is 14.9 Å². The van der Waals surface area contributed by atoms with Crippen LogP contribution in [-0.2, 0) is 13.0 Å². The molecule has 0 fully saturated rings. The summed E-state index contributed by atoms with van der Waals surface area (Å²) in [5.41, 5.74) is 3.10. The van der Waals surface area contributed by atoms with Crippen molar-refractivity contribution >= 4 is 17.3 Å². The molecule has 0 unspecified atom stereocenters. The van der Waals surface area contributed by atoms with Crippen molar-refractivity contribution in [1.29, 1.82) is 5.26 Å². The summed E-state index contributed by atoms with van der Waals surface area (Å²) in [4.78, 5) is 23.6. The van der Waals surface area contributed by atoms with Gasteiger partial charge >= 0.3 is 0 Å². The molecule has 3 aromatic carbocycles. The van der Waals surface area contributed by atoms with Crippen LogP contribution in [0.2, 0.25) is 0 Å². The van der Waals surface area contributed by atoms with E-state index in [-0.39, 0.29) is 18.0 Å². The van der Waals surface area contributed by atoms with E-state index in [1.807, 2.05) is 24.3 Å². The van der Waals surface area contributed by atoms with E-state index in [4.69, 9.17) is 10.00 Å². The largest absolute Gasteiger partial charge is 0.489 e. The number of carbonyl (C=O) groups is 1. The van der Waals surface area contributed by atoms with E-state index in [0.29, 0.717) is 29.2 Å². The fourth-order valence-corrected chi connectivity index (χ4v) is 3.43. The van der Waals surface area contributed by atoms with E-state index in [1.165, 1.54) is 16.8 Å². The molecule has 0 radical (unpaired) electrons. The molecule has 1 N–H and O–H groups in total. The number of carbonyl (C=O) groups excluding carboxylic acids is 1. The summed E-state index contributed by atoms with van der Waals surface area (Å²) < 4.78 is 7.23. The van der Waals surface area contributed by atoms with Gasteiger partial charge in [0.2, 0.25) is 0 Å². The summed E-state index contributed by atoms with van der Waals surface area (Å²) in [6.45, 7) is 1.88. The van der Waals surface area contributed by atoms with E-state index in [2.05, 4.69) is 21.7 Å². The van der Waals surface area contributed by atoms with Crippen molar-refractivity contribution in [2.45, 2.75) is 20.0 Å². The second-order valence-electron chi connectivity index (χ2n) is 7.59. The van der Waals surface area contributed by atoms with Gasteiger partial charge in [-0.2, -0.15) is 5.26 Å². The lowest BCUT2D eigenvalue weighted by atomic mass is 10.1. The number of hydrogen-bond acceptors (Lipinski definition) is 7. The molecule has 0 bridgehead atoms. The van der Waals surface area contributed by atoms with Crippen LogP contribution in [0.1, 0.15) is 27.3 Å². The number of nitro benzene ring substituents is 1. The second-order valence-corrected chi connectivity index (χ2v) is 7.59. The van der Waals surface area contributed by atoms with Crippen LogP contribution < -0.4 is 10.1 Å². The van der Waals surface area contributed by atoms with E-state index in [0.717, 1.165) is 11.1 Å². The highest BCUT2D eigenvalue weighted by Crippen LogP contribution is 2.22. The summed E-state index contributed by atoms with van der Waals surface area (Å²) in [6, 6.07) is 22.5. The maximum absolute atomic E-state index is 13.0. The SMILES string of the molecule is Cc1c(C(=O)Nc2ccccc2COc2ccc(CC#N)cc2)nnn1-c1cccc([N+](=O)[O-])c1. The summed E-state index contributed by atoms with van der Waals surface area (Å²) in [5, 5.41) is 30.7. The quantitative estimate of drug-likeness (QED) is 0.299.